The van der Waals surface area contributed by atoms with Crippen LogP contribution in [0.15, 0.2) is 54.6 Å². The molecular formula is C17H13F3O2. The van der Waals surface area contributed by atoms with Gasteiger partial charge in [0.25, 0.3) is 0 Å². The summed E-state index contributed by atoms with van der Waals surface area (Å²) >= 11 is 0. The van der Waals surface area contributed by atoms with Gasteiger partial charge in [-0.1, -0.05) is 36.4 Å². The van der Waals surface area contributed by atoms with Crippen molar-refractivity contribution in [2.24, 2.45) is 0 Å². The number of allylic oxidation sites excluding steroid dienone is 1. The zero-order valence-electron chi connectivity index (χ0n) is 11.5. The molecule has 0 saturated heterocycles. The van der Waals surface area contributed by atoms with Crippen molar-refractivity contribution in [3.05, 3.63) is 76.9 Å². The van der Waals surface area contributed by atoms with Crippen LogP contribution in [0.4, 0.5) is 13.2 Å². The third kappa shape index (κ3) is 4.22. The van der Waals surface area contributed by atoms with Crippen LogP contribution in [0.3, 0.4) is 0 Å². The van der Waals surface area contributed by atoms with Crippen molar-refractivity contribution in [2.75, 3.05) is 0 Å². The number of carbonyl (C=O) groups is 1. The highest BCUT2D eigenvalue weighted by Crippen LogP contribution is 2.29. The number of hydrogen-bond donors (Lipinski definition) is 1. The normalized spacial score (nSPS) is 11.8. The molecule has 2 aromatic rings. The van der Waals surface area contributed by atoms with Crippen molar-refractivity contribution in [3.63, 3.8) is 0 Å². The van der Waals surface area contributed by atoms with Crippen LogP contribution < -0.4 is 0 Å². The molecule has 114 valence electrons. The molecule has 1 N–H and O–H groups in total. The Morgan fingerprint density at radius 3 is 2.09 bits per heavy atom. The first-order valence-corrected chi connectivity index (χ1v) is 6.52. The Labute approximate surface area is 125 Å². The third-order valence-corrected chi connectivity index (χ3v) is 3.10. The molecule has 5 heteroatoms. The summed E-state index contributed by atoms with van der Waals surface area (Å²) in [5, 5.41) is 8.79. The highest BCUT2D eigenvalue weighted by molar-refractivity contribution is 5.87. The molecule has 0 radical (unpaired) electrons. The van der Waals surface area contributed by atoms with Gasteiger partial charge in [0, 0.05) is 0 Å². The molecule has 0 spiro atoms. The van der Waals surface area contributed by atoms with E-state index in [9.17, 15) is 18.0 Å². The molecule has 0 bridgehead atoms. The number of halogens is 3. The van der Waals surface area contributed by atoms with E-state index in [1.807, 2.05) is 6.08 Å². The summed E-state index contributed by atoms with van der Waals surface area (Å²) in [5.74, 6) is -0.980. The Balaban J connectivity index is 1.99. The first-order chi connectivity index (χ1) is 10.4. The number of aromatic carboxylic acids is 1. The lowest BCUT2D eigenvalue weighted by atomic mass is 10.1. The van der Waals surface area contributed by atoms with E-state index in [4.69, 9.17) is 5.11 Å². The fraction of sp³-hybridized carbons (Fsp3) is 0.118. The number of rotatable bonds is 4. The minimum absolute atomic E-state index is 0.218. The number of alkyl halides is 3. The molecular weight excluding hydrogens is 293 g/mol. The predicted octanol–water partition coefficient (Wildman–Crippen LogP) is 4.66. The van der Waals surface area contributed by atoms with Crippen LogP contribution in [0.2, 0.25) is 0 Å². The van der Waals surface area contributed by atoms with E-state index < -0.39 is 17.7 Å². The van der Waals surface area contributed by atoms with Crippen LogP contribution in [-0.4, -0.2) is 11.1 Å². The summed E-state index contributed by atoms with van der Waals surface area (Å²) in [6.07, 6.45) is -0.210. The SMILES string of the molecule is O=C(O)c1ccc(C/C=C\c2ccc(C(F)(F)F)cc2)cc1. The first-order valence-electron chi connectivity index (χ1n) is 6.52. The molecule has 0 fully saturated rings. The van der Waals surface area contributed by atoms with Gasteiger partial charge in [0.2, 0.25) is 0 Å². The second-order valence-electron chi connectivity index (χ2n) is 4.73. The summed E-state index contributed by atoms with van der Waals surface area (Å²) in [6.45, 7) is 0. The van der Waals surface area contributed by atoms with E-state index in [2.05, 4.69) is 0 Å². The fourth-order valence-corrected chi connectivity index (χ4v) is 1.90. The standard InChI is InChI=1S/C17H13F3O2/c18-17(19,20)15-10-6-13(7-11-15)3-1-2-12-4-8-14(9-5-12)16(21)22/h1,3-11H,2H2,(H,21,22)/b3-1-. The topological polar surface area (TPSA) is 37.3 Å². The second kappa shape index (κ2) is 6.47. The lowest BCUT2D eigenvalue weighted by Crippen LogP contribution is -2.03. The number of benzene rings is 2. The monoisotopic (exact) mass is 306 g/mol. The Kier molecular flexibility index (Phi) is 4.65. The van der Waals surface area contributed by atoms with E-state index in [-0.39, 0.29) is 5.56 Å². The molecule has 0 atom stereocenters. The molecule has 0 aromatic heterocycles. The van der Waals surface area contributed by atoms with Gasteiger partial charge in [-0.3, -0.25) is 0 Å². The van der Waals surface area contributed by atoms with Crippen molar-refractivity contribution in [3.8, 4) is 0 Å². The summed E-state index contributed by atoms with van der Waals surface area (Å²) in [7, 11) is 0. The quantitative estimate of drug-likeness (QED) is 0.892. The number of carboxylic acids is 1. The second-order valence-corrected chi connectivity index (χ2v) is 4.73. The Hall–Kier alpha value is -2.56. The van der Waals surface area contributed by atoms with Crippen LogP contribution in [0, 0.1) is 0 Å². The van der Waals surface area contributed by atoms with Gasteiger partial charge < -0.3 is 5.11 Å². The summed E-state index contributed by atoms with van der Waals surface area (Å²) in [6, 6.07) is 11.4. The maximum absolute atomic E-state index is 12.4. The summed E-state index contributed by atoms with van der Waals surface area (Å²) in [4.78, 5) is 10.7. The van der Waals surface area contributed by atoms with Gasteiger partial charge in [-0.15, -0.1) is 0 Å². The zero-order valence-corrected chi connectivity index (χ0v) is 11.5. The van der Waals surface area contributed by atoms with Crippen molar-refractivity contribution in [1.29, 1.82) is 0 Å². The fourth-order valence-electron chi connectivity index (χ4n) is 1.90. The zero-order chi connectivity index (χ0) is 16.2. The van der Waals surface area contributed by atoms with Crippen LogP contribution in [-0.2, 0) is 12.6 Å². The van der Waals surface area contributed by atoms with E-state index in [1.54, 1.807) is 18.2 Å². The van der Waals surface area contributed by atoms with Gasteiger partial charge in [-0.2, -0.15) is 13.2 Å². The minimum atomic E-state index is -4.33. The smallest absolute Gasteiger partial charge is 0.416 e. The molecule has 2 rings (SSSR count). The maximum Gasteiger partial charge on any atom is 0.416 e. The lowest BCUT2D eigenvalue weighted by molar-refractivity contribution is -0.137. The molecule has 0 aliphatic rings. The summed E-state index contributed by atoms with van der Waals surface area (Å²) in [5.41, 5.74) is 1.15. The average Bonchev–Trinajstić information content (AvgIpc) is 2.47. The average molecular weight is 306 g/mol. The molecule has 0 unspecified atom stereocenters. The van der Waals surface area contributed by atoms with Crippen LogP contribution >= 0.6 is 0 Å². The van der Waals surface area contributed by atoms with Crippen LogP contribution in [0.1, 0.15) is 27.0 Å². The molecule has 0 aliphatic heterocycles. The van der Waals surface area contributed by atoms with Crippen molar-refractivity contribution in [1.82, 2.24) is 0 Å². The van der Waals surface area contributed by atoms with E-state index in [0.717, 1.165) is 17.7 Å². The van der Waals surface area contributed by atoms with Gasteiger partial charge >= 0.3 is 12.1 Å². The van der Waals surface area contributed by atoms with Crippen LogP contribution in [0.5, 0.6) is 0 Å². The van der Waals surface area contributed by atoms with Gasteiger partial charge in [0.1, 0.15) is 0 Å². The van der Waals surface area contributed by atoms with Gasteiger partial charge in [-0.25, -0.2) is 4.79 Å². The highest BCUT2D eigenvalue weighted by Gasteiger charge is 2.29. The van der Waals surface area contributed by atoms with Gasteiger partial charge in [-0.05, 0) is 41.8 Å². The molecule has 0 saturated carbocycles. The predicted molar refractivity (Wildman–Crippen MR) is 77.6 cm³/mol. The van der Waals surface area contributed by atoms with Gasteiger partial charge in [0.05, 0.1) is 11.1 Å². The molecule has 22 heavy (non-hydrogen) atoms. The Morgan fingerprint density at radius 1 is 1.00 bits per heavy atom. The summed E-state index contributed by atoms with van der Waals surface area (Å²) < 4.78 is 37.3. The number of carboxylic acid groups (broad SMARTS) is 1. The van der Waals surface area contributed by atoms with Crippen LogP contribution in [0.25, 0.3) is 6.08 Å². The maximum atomic E-state index is 12.4. The molecule has 0 aliphatic carbocycles. The Bertz CT molecular complexity index is 669. The van der Waals surface area contributed by atoms with E-state index >= 15 is 0 Å². The highest BCUT2D eigenvalue weighted by atomic mass is 19.4. The largest absolute Gasteiger partial charge is 0.478 e. The van der Waals surface area contributed by atoms with E-state index in [0.29, 0.717) is 12.0 Å². The molecule has 0 amide bonds. The van der Waals surface area contributed by atoms with Gasteiger partial charge in [0.15, 0.2) is 0 Å². The molecule has 2 aromatic carbocycles. The Morgan fingerprint density at radius 2 is 1.59 bits per heavy atom. The first kappa shape index (κ1) is 15.8. The minimum Gasteiger partial charge on any atom is -0.478 e. The lowest BCUT2D eigenvalue weighted by Gasteiger charge is -2.05. The number of hydrogen-bond acceptors (Lipinski definition) is 1. The molecule has 2 nitrogen and oxygen atoms in total. The van der Waals surface area contributed by atoms with E-state index in [1.165, 1.54) is 24.3 Å². The van der Waals surface area contributed by atoms with Crippen molar-refractivity contribution in [2.45, 2.75) is 12.6 Å². The third-order valence-electron chi connectivity index (χ3n) is 3.10. The molecule has 0 heterocycles. The van der Waals surface area contributed by atoms with Crippen molar-refractivity contribution >= 4 is 12.0 Å². The van der Waals surface area contributed by atoms with Crippen molar-refractivity contribution < 1.29 is 23.1 Å².